The highest BCUT2D eigenvalue weighted by Crippen LogP contribution is 2.34. The molecule has 154 valence electrons. The predicted molar refractivity (Wildman–Crippen MR) is 124 cm³/mol. The first-order chi connectivity index (χ1) is 14.5. The molecule has 0 aromatic heterocycles. The number of thioether (sulfide) groups is 1. The van der Waals surface area contributed by atoms with Gasteiger partial charge in [0.05, 0.1) is 12.0 Å². The van der Waals surface area contributed by atoms with Crippen LogP contribution < -0.4 is 14.8 Å². The van der Waals surface area contributed by atoms with Gasteiger partial charge in [-0.15, -0.1) is 6.58 Å². The van der Waals surface area contributed by atoms with E-state index in [1.165, 1.54) is 16.7 Å². The van der Waals surface area contributed by atoms with Gasteiger partial charge in [0.1, 0.15) is 15.8 Å². The smallest absolute Gasteiger partial charge is 0.266 e. The van der Waals surface area contributed by atoms with E-state index in [1.807, 2.05) is 12.1 Å². The molecule has 0 saturated carbocycles. The summed E-state index contributed by atoms with van der Waals surface area (Å²) in [5.41, 5.74) is 1.30. The van der Waals surface area contributed by atoms with Gasteiger partial charge in [0.25, 0.3) is 11.8 Å². The van der Waals surface area contributed by atoms with Crippen LogP contribution in [0.25, 0.3) is 6.08 Å². The first-order valence-electron chi connectivity index (χ1n) is 9.04. The Hall–Kier alpha value is -3.10. The quantitative estimate of drug-likeness (QED) is 0.379. The number of nitrogens with zero attached hydrogens (tertiary/aromatic N) is 1. The van der Waals surface area contributed by atoms with Crippen LogP contribution in [0.15, 0.2) is 66.1 Å². The molecule has 0 unspecified atom stereocenters. The number of nitrogens with one attached hydrogen (secondary N) is 1. The molecule has 1 N–H and O–H groups in total. The molecule has 0 aliphatic carbocycles. The Morgan fingerprint density at radius 1 is 1.27 bits per heavy atom. The number of amides is 2. The fourth-order valence-corrected chi connectivity index (χ4v) is 3.97. The first kappa shape index (κ1) is 21.6. The summed E-state index contributed by atoms with van der Waals surface area (Å²) in [5, 5.41) is 2.76. The average molecular weight is 441 g/mol. The van der Waals surface area contributed by atoms with E-state index >= 15 is 0 Å². The van der Waals surface area contributed by atoms with E-state index in [2.05, 4.69) is 11.9 Å². The van der Waals surface area contributed by atoms with Crippen LogP contribution in [-0.2, 0) is 9.59 Å². The maximum absolute atomic E-state index is 12.5. The van der Waals surface area contributed by atoms with E-state index in [0.717, 1.165) is 0 Å². The van der Waals surface area contributed by atoms with E-state index in [4.69, 9.17) is 21.7 Å². The molecule has 0 atom stereocenters. The SMILES string of the molecule is C=CCN1C(=O)/C(=C/c2ccccc2OCC(=O)Nc2cccc(OC)c2)SC1=S. The summed E-state index contributed by atoms with van der Waals surface area (Å²) in [6.45, 7) is 3.83. The minimum atomic E-state index is -0.310. The first-order valence-corrected chi connectivity index (χ1v) is 10.3. The molecule has 2 aromatic rings. The highest BCUT2D eigenvalue weighted by Gasteiger charge is 2.31. The summed E-state index contributed by atoms with van der Waals surface area (Å²) in [7, 11) is 1.56. The van der Waals surface area contributed by atoms with E-state index in [-0.39, 0.29) is 18.4 Å². The van der Waals surface area contributed by atoms with Crippen molar-refractivity contribution in [3.8, 4) is 11.5 Å². The lowest BCUT2D eigenvalue weighted by atomic mass is 10.2. The van der Waals surface area contributed by atoms with Crippen molar-refractivity contribution in [2.75, 3.05) is 25.6 Å². The van der Waals surface area contributed by atoms with Crippen molar-refractivity contribution in [1.29, 1.82) is 0 Å². The standard InChI is InChI=1S/C22H20N2O4S2/c1-3-11-24-21(26)19(30-22(24)29)12-15-7-4-5-10-18(15)28-14-20(25)23-16-8-6-9-17(13-16)27-2/h3-10,12-13H,1,11,14H2,2H3,(H,23,25)/b19-12-. The van der Waals surface area contributed by atoms with Crippen molar-refractivity contribution in [2.45, 2.75) is 0 Å². The molecule has 1 heterocycles. The highest BCUT2D eigenvalue weighted by atomic mass is 32.2. The second-order valence-corrected chi connectivity index (χ2v) is 7.86. The number of rotatable bonds is 8. The number of anilines is 1. The summed E-state index contributed by atoms with van der Waals surface area (Å²) in [5.74, 6) is 0.658. The molecule has 0 spiro atoms. The Morgan fingerprint density at radius 2 is 2.07 bits per heavy atom. The number of hydrogen-bond acceptors (Lipinski definition) is 6. The summed E-state index contributed by atoms with van der Waals surface area (Å²) in [6, 6.07) is 14.3. The monoisotopic (exact) mass is 440 g/mol. The third-order valence-corrected chi connectivity index (χ3v) is 5.48. The van der Waals surface area contributed by atoms with E-state index in [1.54, 1.807) is 55.7 Å². The van der Waals surface area contributed by atoms with Gasteiger partial charge in [-0.25, -0.2) is 0 Å². The van der Waals surface area contributed by atoms with Gasteiger partial charge in [-0.05, 0) is 24.3 Å². The number of hydrogen-bond donors (Lipinski definition) is 1. The minimum Gasteiger partial charge on any atom is -0.497 e. The third-order valence-electron chi connectivity index (χ3n) is 4.10. The van der Waals surface area contributed by atoms with Crippen LogP contribution in [0.5, 0.6) is 11.5 Å². The number of thiocarbonyl (C=S) groups is 1. The molecule has 1 fully saturated rings. The molecule has 0 radical (unpaired) electrons. The summed E-state index contributed by atoms with van der Waals surface area (Å²) >= 11 is 6.49. The number of carbonyl (C=O) groups excluding carboxylic acids is 2. The van der Waals surface area contributed by atoms with Crippen molar-refractivity contribution in [2.24, 2.45) is 0 Å². The summed E-state index contributed by atoms with van der Waals surface area (Å²) in [4.78, 5) is 26.8. The van der Waals surface area contributed by atoms with Gasteiger partial charge < -0.3 is 14.8 Å². The van der Waals surface area contributed by atoms with Gasteiger partial charge in [-0.3, -0.25) is 14.5 Å². The second kappa shape index (κ2) is 10.1. The van der Waals surface area contributed by atoms with Gasteiger partial charge in [0.2, 0.25) is 0 Å². The van der Waals surface area contributed by atoms with Gasteiger partial charge in [0.15, 0.2) is 6.61 Å². The maximum atomic E-state index is 12.5. The molecule has 1 aliphatic rings. The molecule has 2 amide bonds. The molecule has 8 heteroatoms. The van der Waals surface area contributed by atoms with Gasteiger partial charge >= 0.3 is 0 Å². The Kier molecular flexibility index (Phi) is 7.26. The molecule has 1 saturated heterocycles. The normalized spacial score (nSPS) is 14.7. The highest BCUT2D eigenvalue weighted by molar-refractivity contribution is 8.26. The summed E-state index contributed by atoms with van der Waals surface area (Å²) < 4.78 is 11.3. The van der Waals surface area contributed by atoms with Crippen LogP contribution >= 0.6 is 24.0 Å². The molecule has 2 aromatic carbocycles. The molecule has 30 heavy (non-hydrogen) atoms. The molecule has 3 rings (SSSR count). The second-order valence-electron chi connectivity index (χ2n) is 6.19. The average Bonchev–Trinajstić information content (AvgIpc) is 3.01. The van der Waals surface area contributed by atoms with E-state index < -0.39 is 0 Å². The van der Waals surface area contributed by atoms with Crippen LogP contribution in [0.3, 0.4) is 0 Å². The number of methoxy groups -OCH3 is 1. The maximum Gasteiger partial charge on any atom is 0.266 e. The number of para-hydroxylation sites is 1. The van der Waals surface area contributed by atoms with Crippen molar-refractivity contribution >= 4 is 51.9 Å². The third kappa shape index (κ3) is 5.28. The minimum absolute atomic E-state index is 0.171. The van der Waals surface area contributed by atoms with Gasteiger partial charge in [0, 0.05) is 23.9 Å². The Bertz CT molecular complexity index is 1020. The molecule has 1 aliphatic heterocycles. The lowest BCUT2D eigenvalue weighted by molar-refractivity contribution is -0.121. The van der Waals surface area contributed by atoms with Gasteiger partial charge in [-0.2, -0.15) is 0 Å². The number of benzene rings is 2. The zero-order valence-corrected chi connectivity index (χ0v) is 17.9. The fourth-order valence-electron chi connectivity index (χ4n) is 2.70. The topological polar surface area (TPSA) is 67.9 Å². The van der Waals surface area contributed by atoms with E-state index in [9.17, 15) is 9.59 Å². The lowest BCUT2D eigenvalue weighted by Crippen LogP contribution is -2.27. The zero-order chi connectivity index (χ0) is 21.5. The zero-order valence-electron chi connectivity index (χ0n) is 16.3. The van der Waals surface area contributed by atoms with Crippen molar-refractivity contribution in [1.82, 2.24) is 4.90 Å². The van der Waals surface area contributed by atoms with Crippen LogP contribution in [-0.4, -0.2) is 41.3 Å². The predicted octanol–water partition coefficient (Wildman–Crippen LogP) is 4.10. The van der Waals surface area contributed by atoms with Crippen molar-refractivity contribution in [3.05, 3.63) is 71.7 Å². The number of ether oxygens (including phenoxy) is 2. The van der Waals surface area contributed by atoms with Gasteiger partial charge in [-0.1, -0.05) is 54.3 Å². The largest absolute Gasteiger partial charge is 0.497 e. The molecular formula is C22H20N2O4S2. The van der Waals surface area contributed by atoms with E-state index in [0.29, 0.717) is 38.5 Å². The molecule has 6 nitrogen and oxygen atoms in total. The Balaban J connectivity index is 1.68. The molecular weight excluding hydrogens is 420 g/mol. The Morgan fingerprint density at radius 3 is 2.83 bits per heavy atom. The Labute approximate surface area is 184 Å². The lowest BCUT2D eigenvalue weighted by Gasteiger charge is -2.11. The van der Waals surface area contributed by atoms with Crippen molar-refractivity contribution < 1.29 is 19.1 Å². The van der Waals surface area contributed by atoms with Crippen LogP contribution in [0.2, 0.25) is 0 Å². The number of carbonyl (C=O) groups is 2. The molecule has 0 bridgehead atoms. The fraction of sp³-hybridized carbons (Fsp3) is 0.136. The van der Waals surface area contributed by atoms with Crippen LogP contribution in [0, 0.1) is 0 Å². The van der Waals surface area contributed by atoms with Crippen molar-refractivity contribution in [3.63, 3.8) is 0 Å². The van der Waals surface area contributed by atoms with Crippen LogP contribution in [0.4, 0.5) is 5.69 Å². The van der Waals surface area contributed by atoms with Crippen LogP contribution in [0.1, 0.15) is 5.56 Å². The summed E-state index contributed by atoms with van der Waals surface area (Å²) in [6.07, 6.45) is 3.35.